The van der Waals surface area contributed by atoms with Crippen LogP contribution in [0.15, 0.2) is 0 Å². The molecule has 0 bridgehead atoms. The zero-order valence-electron chi connectivity index (χ0n) is 13.1. The number of carbonyl (C=O) groups excluding carboxylic acids is 1. The third kappa shape index (κ3) is 4.37. The zero-order valence-corrected chi connectivity index (χ0v) is 13.1. The van der Waals surface area contributed by atoms with Gasteiger partial charge in [-0.05, 0) is 43.4 Å². The second-order valence-electron chi connectivity index (χ2n) is 6.79. The van der Waals surface area contributed by atoms with Crippen molar-refractivity contribution in [3.8, 4) is 0 Å². The highest BCUT2D eigenvalue weighted by atomic mass is 16.6. The van der Waals surface area contributed by atoms with Gasteiger partial charge < -0.3 is 14.8 Å². The molecule has 0 aromatic carbocycles. The third-order valence-corrected chi connectivity index (χ3v) is 4.72. The van der Waals surface area contributed by atoms with Crippen LogP contribution in [0.4, 0.5) is 4.79 Å². The lowest BCUT2D eigenvalue weighted by Gasteiger charge is -2.36. The molecule has 0 aromatic heterocycles. The van der Waals surface area contributed by atoms with Crippen molar-refractivity contribution in [2.45, 2.75) is 65.1 Å². The van der Waals surface area contributed by atoms with E-state index in [-0.39, 0.29) is 18.3 Å². The minimum atomic E-state index is -0.273. The van der Waals surface area contributed by atoms with Crippen LogP contribution < -0.4 is 5.32 Å². The van der Waals surface area contributed by atoms with E-state index >= 15 is 0 Å². The molecule has 0 aromatic rings. The molecule has 1 aliphatic carbocycles. The fourth-order valence-electron chi connectivity index (χ4n) is 3.43. The highest BCUT2D eigenvalue weighted by Gasteiger charge is 2.33. The SMILES string of the molecule is CC(C)[C@@H]1CC[C@@H](C)C[C@H]1OC(=O)NCC1CCCO1. The lowest BCUT2D eigenvalue weighted by atomic mass is 9.75. The molecule has 1 saturated carbocycles. The number of amides is 1. The first kappa shape index (κ1) is 15.6. The Kier molecular flexibility index (Phi) is 5.70. The minimum Gasteiger partial charge on any atom is -0.446 e. The number of hydrogen-bond donors (Lipinski definition) is 1. The van der Waals surface area contributed by atoms with E-state index in [1.54, 1.807) is 0 Å². The second-order valence-corrected chi connectivity index (χ2v) is 6.79. The molecule has 2 rings (SSSR count). The van der Waals surface area contributed by atoms with Crippen LogP contribution in [0.3, 0.4) is 0 Å². The van der Waals surface area contributed by atoms with Crippen LogP contribution in [0.5, 0.6) is 0 Å². The lowest BCUT2D eigenvalue weighted by molar-refractivity contribution is 0.00431. The minimum absolute atomic E-state index is 0.0725. The molecule has 1 aliphatic heterocycles. The summed E-state index contributed by atoms with van der Waals surface area (Å²) < 4.78 is 11.2. The van der Waals surface area contributed by atoms with Crippen molar-refractivity contribution in [1.82, 2.24) is 5.32 Å². The molecule has 2 fully saturated rings. The average molecular weight is 283 g/mol. The van der Waals surface area contributed by atoms with Gasteiger partial charge in [0.05, 0.1) is 6.10 Å². The number of alkyl carbamates (subject to hydrolysis) is 1. The van der Waals surface area contributed by atoms with Crippen LogP contribution in [0, 0.1) is 17.8 Å². The summed E-state index contributed by atoms with van der Waals surface area (Å²) in [6, 6.07) is 0. The van der Waals surface area contributed by atoms with Gasteiger partial charge in [-0.3, -0.25) is 0 Å². The summed E-state index contributed by atoms with van der Waals surface area (Å²) >= 11 is 0. The molecule has 4 heteroatoms. The molecule has 1 heterocycles. The number of ether oxygens (including phenoxy) is 2. The molecule has 20 heavy (non-hydrogen) atoms. The van der Waals surface area contributed by atoms with Gasteiger partial charge in [-0.25, -0.2) is 4.79 Å². The Morgan fingerprint density at radius 1 is 1.35 bits per heavy atom. The summed E-state index contributed by atoms with van der Waals surface area (Å²) in [6.07, 6.45) is 5.52. The highest BCUT2D eigenvalue weighted by Crippen LogP contribution is 2.35. The predicted octanol–water partition coefficient (Wildman–Crippen LogP) is 3.35. The van der Waals surface area contributed by atoms with Crippen molar-refractivity contribution in [3.63, 3.8) is 0 Å². The fraction of sp³-hybridized carbons (Fsp3) is 0.938. The van der Waals surface area contributed by atoms with Crippen LogP contribution in [-0.2, 0) is 9.47 Å². The number of nitrogens with one attached hydrogen (secondary N) is 1. The molecule has 1 amide bonds. The molecule has 1 unspecified atom stereocenters. The standard InChI is InChI=1S/C16H29NO3/c1-11(2)14-7-6-12(3)9-15(14)20-16(18)17-10-13-5-4-8-19-13/h11-15H,4-10H2,1-3H3,(H,17,18)/t12-,13?,14+,15-/m1/s1. The summed E-state index contributed by atoms with van der Waals surface area (Å²) in [5, 5.41) is 2.86. The smallest absolute Gasteiger partial charge is 0.407 e. The normalized spacial score (nSPS) is 34.2. The summed E-state index contributed by atoms with van der Waals surface area (Å²) in [7, 11) is 0. The van der Waals surface area contributed by atoms with Crippen molar-refractivity contribution in [3.05, 3.63) is 0 Å². The van der Waals surface area contributed by atoms with Gasteiger partial charge in [-0.1, -0.05) is 27.2 Å². The average Bonchev–Trinajstić information content (AvgIpc) is 2.89. The Morgan fingerprint density at radius 2 is 2.15 bits per heavy atom. The van der Waals surface area contributed by atoms with E-state index < -0.39 is 0 Å². The topological polar surface area (TPSA) is 47.6 Å². The molecule has 1 N–H and O–H groups in total. The Morgan fingerprint density at radius 3 is 2.80 bits per heavy atom. The highest BCUT2D eigenvalue weighted by molar-refractivity contribution is 5.67. The molecule has 116 valence electrons. The Balaban J connectivity index is 1.77. The van der Waals surface area contributed by atoms with Gasteiger partial charge in [0.15, 0.2) is 0 Å². The number of hydrogen-bond acceptors (Lipinski definition) is 3. The van der Waals surface area contributed by atoms with E-state index in [2.05, 4.69) is 26.1 Å². The molecule has 4 atom stereocenters. The van der Waals surface area contributed by atoms with Crippen LogP contribution in [0.2, 0.25) is 0 Å². The molecule has 0 spiro atoms. The summed E-state index contributed by atoms with van der Waals surface area (Å²) in [5.41, 5.74) is 0. The van der Waals surface area contributed by atoms with Gasteiger partial charge >= 0.3 is 6.09 Å². The summed E-state index contributed by atoms with van der Waals surface area (Å²) in [6.45, 7) is 8.09. The number of carbonyl (C=O) groups is 1. The van der Waals surface area contributed by atoms with Crippen LogP contribution in [0.25, 0.3) is 0 Å². The largest absolute Gasteiger partial charge is 0.446 e. The van der Waals surface area contributed by atoms with Gasteiger partial charge in [0.1, 0.15) is 6.10 Å². The zero-order chi connectivity index (χ0) is 14.5. The Bertz CT molecular complexity index is 313. The van der Waals surface area contributed by atoms with E-state index in [1.165, 1.54) is 12.8 Å². The maximum atomic E-state index is 12.0. The van der Waals surface area contributed by atoms with Crippen LogP contribution in [-0.4, -0.2) is 31.5 Å². The third-order valence-electron chi connectivity index (χ3n) is 4.72. The predicted molar refractivity (Wildman–Crippen MR) is 78.6 cm³/mol. The van der Waals surface area contributed by atoms with Crippen LogP contribution >= 0.6 is 0 Å². The fourth-order valence-corrected chi connectivity index (χ4v) is 3.43. The monoisotopic (exact) mass is 283 g/mol. The second kappa shape index (κ2) is 7.30. The van der Waals surface area contributed by atoms with E-state index in [9.17, 15) is 4.79 Å². The Hall–Kier alpha value is -0.770. The molecule has 2 aliphatic rings. The maximum absolute atomic E-state index is 12.0. The summed E-state index contributed by atoms with van der Waals surface area (Å²) in [4.78, 5) is 12.0. The maximum Gasteiger partial charge on any atom is 0.407 e. The number of rotatable bonds is 4. The summed E-state index contributed by atoms with van der Waals surface area (Å²) in [5.74, 6) is 1.72. The van der Waals surface area contributed by atoms with Crippen molar-refractivity contribution in [2.24, 2.45) is 17.8 Å². The first-order valence-electron chi connectivity index (χ1n) is 8.12. The van der Waals surface area contributed by atoms with Gasteiger partial charge in [0.25, 0.3) is 0 Å². The van der Waals surface area contributed by atoms with E-state index in [1.807, 2.05) is 0 Å². The molecule has 0 radical (unpaired) electrons. The molecule has 1 saturated heterocycles. The molecule has 4 nitrogen and oxygen atoms in total. The van der Waals surface area contributed by atoms with Gasteiger partial charge in [0, 0.05) is 13.2 Å². The van der Waals surface area contributed by atoms with E-state index in [0.717, 1.165) is 25.9 Å². The van der Waals surface area contributed by atoms with Gasteiger partial charge in [-0.15, -0.1) is 0 Å². The first-order chi connectivity index (χ1) is 9.56. The van der Waals surface area contributed by atoms with Crippen molar-refractivity contribution < 1.29 is 14.3 Å². The van der Waals surface area contributed by atoms with Crippen molar-refractivity contribution >= 4 is 6.09 Å². The van der Waals surface area contributed by atoms with Crippen molar-refractivity contribution in [2.75, 3.05) is 13.2 Å². The van der Waals surface area contributed by atoms with Gasteiger partial charge in [0.2, 0.25) is 0 Å². The Labute approximate surface area is 122 Å². The van der Waals surface area contributed by atoms with Gasteiger partial charge in [-0.2, -0.15) is 0 Å². The molecular formula is C16H29NO3. The quantitative estimate of drug-likeness (QED) is 0.860. The van der Waals surface area contributed by atoms with Crippen LogP contribution in [0.1, 0.15) is 52.9 Å². The van der Waals surface area contributed by atoms with E-state index in [0.29, 0.717) is 24.3 Å². The molecular weight excluding hydrogens is 254 g/mol. The van der Waals surface area contributed by atoms with Crippen molar-refractivity contribution in [1.29, 1.82) is 0 Å². The first-order valence-corrected chi connectivity index (χ1v) is 8.12. The lowest BCUT2D eigenvalue weighted by Crippen LogP contribution is -2.40. The van der Waals surface area contributed by atoms with E-state index in [4.69, 9.17) is 9.47 Å².